The van der Waals surface area contributed by atoms with Crippen molar-refractivity contribution in [2.75, 3.05) is 5.32 Å². The van der Waals surface area contributed by atoms with Gasteiger partial charge in [0.1, 0.15) is 11.5 Å². The van der Waals surface area contributed by atoms with Crippen LogP contribution >= 0.6 is 0 Å². The maximum atomic E-state index is 12.3. The zero-order valence-electron chi connectivity index (χ0n) is 14.0. The summed E-state index contributed by atoms with van der Waals surface area (Å²) in [6.45, 7) is 3.62. The number of carbonyl (C=O) groups is 1. The molecule has 0 atom stereocenters. The molecule has 3 heterocycles. The van der Waals surface area contributed by atoms with Crippen molar-refractivity contribution in [1.82, 2.24) is 15.4 Å². The summed E-state index contributed by atoms with van der Waals surface area (Å²) in [5.74, 6) is 1.64. The molecule has 0 aliphatic rings. The molecule has 1 N–H and O–H groups in total. The first-order valence-electron chi connectivity index (χ1n) is 7.84. The lowest BCUT2D eigenvalue weighted by Gasteiger charge is -1.95. The third kappa shape index (κ3) is 3.00. The van der Waals surface area contributed by atoms with Crippen molar-refractivity contribution in [3.8, 4) is 22.8 Å². The largest absolute Gasteiger partial charge is 0.466 e. The zero-order chi connectivity index (χ0) is 18.1. The highest BCUT2D eigenvalue weighted by Gasteiger charge is 2.19. The molecule has 0 saturated carbocycles. The van der Waals surface area contributed by atoms with E-state index in [-0.39, 0.29) is 17.6 Å². The number of nitrogens with zero attached hydrogens (tertiary/aromatic N) is 3. The molecule has 3 aromatic heterocycles. The third-order valence-electron chi connectivity index (χ3n) is 3.72. The van der Waals surface area contributed by atoms with E-state index in [1.807, 2.05) is 37.3 Å². The quantitative estimate of drug-likeness (QED) is 0.595. The van der Waals surface area contributed by atoms with Crippen molar-refractivity contribution in [1.29, 1.82) is 0 Å². The molecule has 4 aromatic rings. The summed E-state index contributed by atoms with van der Waals surface area (Å²) >= 11 is 0. The van der Waals surface area contributed by atoms with Gasteiger partial charge >= 0.3 is 6.01 Å². The Morgan fingerprint density at radius 3 is 2.58 bits per heavy atom. The van der Waals surface area contributed by atoms with Crippen LogP contribution < -0.4 is 5.32 Å². The van der Waals surface area contributed by atoms with Gasteiger partial charge in [-0.3, -0.25) is 10.1 Å². The Bertz CT molecular complexity index is 1060. The first-order chi connectivity index (χ1) is 12.6. The van der Waals surface area contributed by atoms with Crippen LogP contribution in [0.2, 0.25) is 0 Å². The van der Waals surface area contributed by atoms with Crippen LogP contribution in [0.1, 0.15) is 22.0 Å². The van der Waals surface area contributed by atoms with Crippen LogP contribution in [0.4, 0.5) is 6.01 Å². The number of aromatic nitrogens is 3. The maximum absolute atomic E-state index is 12.3. The molecule has 0 fully saturated rings. The summed E-state index contributed by atoms with van der Waals surface area (Å²) in [6.07, 6.45) is 0. The topological polar surface area (TPSA) is 107 Å². The molecular weight excluding hydrogens is 336 g/mol. The summed E-state index contributed by atoms with van der Waals surface area (Å²) < 4.78 is 16.1. The Morgan fingerprint density at radius 2 is 1.85 bits per heavy atom. The van der Waals surface area contributed by atoms with E-state index in [9.17, 15) is 4.79 Å². The number of hydrogen-bond donors (Lipinski definition) is 1. The Kier molecular flexibility index (Phi) is 3.85. The van der Waals surface area contributed by atoms with E-state index in [1.54, 1.807) is 19.1 Å². The van der Waals surface area contributed by atoms with Gasteiger partial charge in [-0.1, -0.05) is 40.6 Å². The number of nitrogens with one attached hydrogen (secondary N) is 1. The molecule has 8 nitrogen and oxygen atoms in total. The van der Waals surface area contributed by atoms with Gasteiger partial charge in [-0.25, -0.2) is 0 Å². The van der Waals surface area contributed by atoms with Crippen LogP contribution in [-0.2, 0) is 0 Å². The van der Waals surface area contributed by atoms with Crippen molar-refractivity contribution in [3.63, 3.8) is 0 Å². The first kappa shape index (κ1) is 15.8. The minimum Gasteiger partial charge on any atom is -0.466 e. The second-order valence-electron chi connectivity index (χ2n) is 5.64. The SMILES string of the molecule is Cc1cc(-c2nnc(NC(=O)c3cc(-c4ccccc4)on3)o2)c(C)o1. The summed E-state index contributed by atoms with van der Waals surface area (Å²) in [7, 11) is 0. The second kappa shape index (κ2) is 6.32. The molecule has 26 heavy (non-hydrogen) atoms. The predicted octanol–water partition coefficient (Wildman–Crippen LogP) is 3.85. The molecule has 0 radical (unpaired) electrons. The Labute approximate surface area is 147 Å². The van der Waals surface area contributed by atoms with Gasteiger partial charge in [0.15, 0.2) is 11.5 Å². The predicted molar refractivity (Wildman–Crippen MR) is 91.4 cm³/mol. The molecule has 8 heteroatoms. The van der Waals surface area contributed by atoms with Crippen LogP contribution in [-0.4, -0.2) is 21.3 Å². The third-order valence-corrected chi connectivity index (χ3v) is 3.72. The minimum absolute atomic E-state index is 0.0347. The van der Waals surface area contributed by atoms with E-state index in [0.717, 1.165) is 11.3 Å². The molecule has 1 aromatic carbocycles. The zero-order valence-corrected chi connectivity index (χ0v) is 14.0. The fraction of sp³-hybridized carbons (Fsp3) is 0.111. The van der Waals surface area contributed by atoms with E-state index in [2.05, 4.69) is 20.7 Å². The molecule has 0 unspecified atom stereocenters. The van der Waals surface area contributed by atoms with Crippen molar-refractivity contribution >= 4 is 11.9 Å². The number of aryl methyl sites for hydroxylation is 2. The van der Waals surface area contributed by atoms with Crippen molar-refractivity contribution in [3.05, 3.63) is 59.7 Å². The van der Waals surface area contributed by atoms with E-state index in [4.69, 9.17) is 13.4 Å². The van der Waals surface area contributed by atoms with E-state index < -0.39 is 5.91 Å². The fourth-order valence-corrected chi connectivity index (χ4v) is 2.51. The van der Waals surface area contributed by atoms with Crippen LogP contribution in [0.5, 0.6) is 0 Å². The van der Waals surface area contributed by atoms with Crippen LogP contribution in [0.3, 0.4) is 0 Å². The number of amides is 1. The molecule has 0 saturated heterocycles. The number of furan rings is 1. The molecule has 1 amide bonds. The Balaban J connectivity index is 1.51. The van der Waals surface area contributed by atoms with Crippen LogP contribution in [0.25, 0.3) is 22.8 Å². The number of anilines is 1. The lowest BCUT2D eigenvalue weighted by atomic mass is 10.1. The highest BCUT2D eigenvalue weighted by molar-refractivity contribution is 6.02. The summed E-state index contributed by atoms with van der Waals surface area (Å²) in [4.78, 5) is 12.3. The van der Waals surface area contributed by atoms with Crippen molar-refractivity contribution in [2.45, 2.75) is 13.8 Å². The molecule has 4 rings (SSSR count). The molecule has 0 spiro atoms. The van der Waals surface area contributed by atoms with Gasteiger partial charge in [0.25, 0.3) is 11.8 Å². The van der Waals surface area contributed by atoms with E-state index >= 15 is 0 Å². The number of hydrogen-bond acceptors (Lipinski definition) is 7. The highest BCUT2D eigenvalue weighted by atomic mass is 16.5. The highest BCUT2D eigenvalue weighted by Crippen LogP contribution is 2.26. The van der Waals surface area contributed by atoms with Gasteiger partial charge < -0.3 is 13.4 Å². The Morgan fingerprint density at radius 1 is 1.04 bits per heavy atom. The average Bonchev–Trinajstić information content (AvgIpc) is 3.35. The number of carbonyl (C=O) groups excluding carboxylic acids is 1. The average molecular weight is 350 g/mol. The van der Waals surface area contributed by atoms with Gasteiger partial charge in [-0.15, -0.1) is 5.10 Å². The normalized spacial score (nSPS) is 10.8. The number of rotatable bonds is 4. The maximum Gasteiger partial charge on any atom is 0.322 e. The smallest absolute Gasteiger partial charge is 0.322 e. The summed E-state index contributed by atoms with van der Waals surface area (Å²) in [6, 6.07) is 12.7. The fourth-order valence-electron chi connectivity index (χ4n) is 2.51. The standard InChI is InChI=1S/C18H14N4O4/c1-10-8-13(11(2)24-10)17-20-21-18(25-17)19-16(23)14-9-15(26-22-14)12-6-4-3-5-7-12/h3-9H,1-2H3,(H,19,21,23). The van der Waals surface area contributed by atoms with Crippen LogP contribution in [0, 0.1) is 13.8 Å². The summed E-state index contributed by atoms with van der Waals surface area (Å²) in [5, 5.41) is 14.0. The minimum atomic E-state index is -0.508. The lowest BCUT2D eigenvalue weighted by Crippen LogP contribution is -2.12. The lowest BCUT2D eigenvalue weighted by molar-refractivity contribution is 0.101. The molecular formula is C18H14N4O4. The monoisotopic (exact) mass is 350 g/mol. The van der Waals surface area contributed by atoms with Crippen LogP contribution in [0.15, 0.2) is 55.8 Å². The Hall–Kier alpha value is -3.68. The number of benzene rings is 1. The second-order valence-corrected chi connectivity index (χ2v) is 5.64. The van der Waals surface area contributed by atoms with Gasteiger partial charge in [0, 0.05) is 11.6 Å². The first-order valence-corrected chi connectivity index (χ1v) is 7.84. The van der Waals surface area contributed by atoms with Gasteiger partial charge in [0.2, 0.25) is 0 Å². The van der Waals surface area contributed by atoms with Crippen molar-refractivity contribution in [2.24, 2.45) is 0 Å². The molecule has 0 aliphatic carbocycles. The van der Waals surface area contributed by atoms with Gasteiger partial charge in [0.05, 0.1) is 5.56 Å². The van der Waals surface area contributed by atoms with Gasteiger partial charge in [-0.2, -0.15) is 0 Å². The van der Waals surface area contributed by atoms with E-state index in [0.29, 0.717) is 17.1 Å². The van der Waals surface area contributed by atoms with Crippen molar-refractivity contribution < 1.29 is 18.2 Å². The molecule has 0 bridgehead atoms. The van der Waals surface area contributed by atoms with E-state index in [1.165, 1.54) is 0 Å². The van der Waals surface area contributed by atoms with Gasteiger partial charge in [-0.05, 0) is 19.9 Å². The molecule has 0 aliphatic heterocycles. The molecule has 130 valence electrons. The summed E-state index contributed by atoms with van der Waals surface area (Å²) in [5.41, 5.74) is 1.62.